The molecule has 0 aliphatic rings. The molecule has 0 saturated heterocycles. The zero-order valence-electron chi connectivity index (χ0n) is 10.9. The topological polar surface area (TPSA) is 37.3 Å². The molecule has 0 saturated carbocycles. The van der Waals surface area contributed by atoms with Gasteiger partial charge in [0.15, 0.2) is 0 Å². The lowest BCUT2D eigenvalue weighted by molar-refractivity contribution is -0.137. The first-order chi connectivity index (χ1) is 9.82. The molecule has 2 rings (SSSR count). The van der Waals surface area contributed by atoms with Gasteiger partial charge in [0.05, 0.1) is 11.1 Å². The van der Waals surface area contributed by atoms with E-state index in [1.54, 1.807) is 24.3 Å². The number of halogens is 3. The van der Waals surface area contributed by atoms with Crippen LogP contribution in [0.2, 0.25) is 0 Å². The third-order valence-electron chi connectivity index (χ3n) is 2.93. The van der Waals surface area contributed by atoms with Gasteiger partial charge >= 0.3 is 12.1 Å². The van der Waals surface area contributed by atoms with Gasteiger partial charge in [0.25, 0.3) is 0 Å². The van der Waals surface area contributed by atoms with Gasteiger partial charge in [-0.1, -0.05) is 18.2 Å². The summed E-state index contributed by atoms with van der Waals surface area (Å²) in [5, 5.41) is 9.00. The molecule has 0 bridgehead atoms. The highest BCUT2D eigenvalue weighted by molar-refractivity contribution is 7.98. The van der Waals surface area contributed by atoms with Crippen LogP contribution in [0.4, 0.5) is 13.2 Å². The maximum Gasteiger partial charge on any atom is 0.416 e. The highest BCUT2D eigenvalue weighted by atomic mass is 32.2. The van der Waals surface area contributed by atoms with Gasteiger partial charge in [-0.2, -0.15) is 13.2 Å². The van der Waals surface area contributed by atoms with Gasteiger partial charge in [0.1, 0.15) is 0 Å². The predicted molar refractivity (Wildman–Crippen MR) is 75.6 cm³/mol. The van der Waals surface area contributed by atoms with Crippen LogP contribution in [-0.2, 0) is 6.18 Å². The van der Waals surface area contributed by atoms with Crippen molar-refractivity contribution < 1.29 is 23.1 Å². The maximum atomic E-state index is 12.9. The number of carboxylic acid groups (broad SMARTS) is 1. The summed E-state index contributed by atoms with van der Waals surface area (Å²) in [6.45, 7) is 0. The van der Waals surface area contributed by atoms with Crippen LogP contribution in [-0.4, -0.2) is 17.3 Å². The SMILES string of the molecule is CSc1ccccc1-c1cc(C(=O)O)cc(C(F)(F)F)c1. The molecular formula is C15H11F3O2S. The summed E-state index contributed by atoms with van der Waals surface area (Å²) in [5.74, 6) is -1.39. The zero-order chi connectivity index (χ0) is 15.6. The molecule has 0 atom stereocenters. The second-order valence-corrected chi connectivity index (χ2v) is 5.15. The summed E-state index contributed by atoms with van der Waals surface area (Å²) < 4.78 is 38.7. The number of hydrogen-bond acceptors (Lipinski definition) is 2. The fraction of sp³-hybridized carbons (Fsp3) is 0.133. The van der Waals surface area contributed by atoms with E-state index >= 15 is 0 Å². The van der Waals surface area contributed by atoms with E-state index in [4.69, 9.17) is 5.11 Å². The molecule has 0 fully saturated rings. The number of rotatable bonds is 3. The number of hydrogen-bond donors (Lipinski definition) is 1. The standard InChI is InChI=1S/C15H11F3O2S/c1-21-13-5-3-2-4-12(13)9-6-10(14(19)20)8-11(7-9)15(16,17)18/h2-8H,1H3,(H,19,20). The molecule has 0 spiro atoms. The van der Waals surface area contributed by atoms with Crippen LogP contribution in [0.1, 0.15) is 15.9 Å². The molecule has 6 heteroatoms. The molecule has 0 unspecified atom stereocenters. The van der Waals surface area contributed by atoms with Crippen LogP contribution >= 0.6 is 11.8 Å². The Morgan fingerprint density at radius 2 is 1.81 bits per heavy atom. The predicted octanol–water partition coefficient (Wildman–Crippen LogP) is 4.79. The maximum absolute atomic E-state index is 12.9. The van der Waals surface area contributed by atoms with Crippen LogP contribution in [0.15, 0.2) is 47.4 Å². The Hall–Kier alpha value is -1.95. The molecule has 0 aliphatic heterocycles. The summed E-state index contributed by atoms with van der Waals surface area (Å²) in [5.41, 5.74) is -0.519. The number of carboxylic acids is 1. The highest BCUT2D eigenvalue weighted by Crippen LogP contribution is 2.36. The second kappa shape index (κ2) is 5.81. The summed E-state index contributed by atoms with van der Waals surface area (Å²) >= 11 is 1.39. The van der Waals surface area contributed by atoms with E-state index in [1.807, 2.05) is 6.26 Å². The van der Waals surface area contributed by atoms with Gasteiger partial charge < -0.3 is 5.11 Å². The third kappa shape index (κ3) is 3.39. The number of carbonyl (C=O) groups is 1. The summed E-state index contributed by atoms with van der Waals surface area (Å²) in [6, 6.07) is 9.81. The third-order valence-corrected chi connectivity index (χ3v) is 3.72. The molecule has 2 aromatic rings. The molecule has 110 valence electrons. The van der Waals surface area contributed by atoms with Crippen molar-refractivity contribution in [1.29, 1.82) is 0 Å². The molecule has 0 radical (unpaired) electrons. The van der Waals surface area contributed by atoms with Crippen molar-refractivity contribution in [3.63, 3.8) is 0 Å². The van der Waals surface area contributed by atoms with Gasteiger partial charge in [-0.05, 0) is 41.6 Å². The Morgan fingerprint density at radius 1 is 1.14 bits per heavy atom. The average molecular weight is 312 g/mol. The largest absolute Gasteiger partial charge is 0.478 e. The Kier molecular flexibility index (Phi) is 4.27. The first-order valence-corrected chi connectivity index (χ1v) is 7.14. The molecule has 21 heavy (non-hydrogen) atoms. The van der Waals surface area contributed by atoms with Gasteiger partial charge in [0, 0.05) is 4.90 Å². The Morgan fingerprint density at radius 3 is 2.38 bits per heavy atom. The highest BCUT2D eigenvalue weighted by Gasteiger charge is 2.32. The fourth-order valence-electron chi connectivity index (χ4n) is 1.95. The van der Waals surface area contributed by atoms with Crippen LogP contribution in [0.25, 0.3) is 11.1 Å². The molecular weight excluding hydrogens is 301 g/mol. The van der Waals surface area contributed by atoms with Crippen molar-refractivity contribution in [3.8, 4) is 11.1 Å². The van der Waals surface area contributed by atoms with Crippen molar-refractivity contribution >= 4 is 17.7 Å². The lowest BCUT2D eigenvalue weighted by atomic mass is 9.99. The van der Waals surface area contributed by atoms with Gasteiger partial charge in [-0.3, -0.25) is 0 Å². The molecule has 0 heterocycles. The minimum absolute atomic E-state index is 0.243. The van der Waals surface area contributed by atoms with Crippen LogP contribution in [0.5, 0.6) is 0 Å². The molecule has 2 nitrogen and oxygen atoms in total. The zero-order valence-corrected chi connectivity index (χ0v) is 11.8. The smallest absolute Gasteiger partial charge is 0.416 e. The van der Waals surface area contributed by atoms with Gasteiger partial charge in [0.2, 0.25) is 0 Å². The van der Waals surface area contributed by atoms with Crippen molar-refractivity contribution in [2.24, 2.45) is 0 Å². The number of benzene rings is 2. The minimum Gasteiger partial charge on any atom is -0.478 e. The molecule has 0 amide bonds. The van der Waals surface area contributed by atoms with Crippen molar-refractivity contribution in [2.75, 3.05) is 6.26 Å². The average Bonchev–Trinajstić information content (AvgIpc) is 2.45. The summed E-state index contributed by atoms with van der Waals surface area (Å²) in [4.78, 5) is 11.8. The number of alkyl halides is 3. The van der Waals surface area contributed by atoms with E-state index in [-0.39, 0.29) is 11.1 Å². The quantitative estimate of drug-likeness (QED) is 0.828. The minimum atomic E-state index is -4.59. The molecule has 1 N–H and O–H groups in total. The van der Waals surface area contributed by atoms with E-state index in [0.717, 1.165) is 11.0 Å². The number of thioether (sulfide) groups is 1. The Balaban J connectivity index is 2.68. The van der Waals surface area contributed by atoms with E-state index in [0.29, 0.717) is 11.6 Å². The Labute approximate surface area is 123 Å². The van der Waals surface area contributed by atoms with Crippen LogP contribution in [0.3, 0.4) is 0 Å². The number of aromatic carboxylic acids is 1. The van der Waals surface area contributed by atoms with E-state index in [9.17, 15) is 18.0 Å². The van der Waals surface area contributed by atoms with Gasteiger partial charge in [-0.25, -0.2) is 4.79 Å². The van der Waals surface area contributed by atoms with Crippen molar-refractivity contribution in [3.05, 3.63) is 53.6 Å². The monoisotopic (exact) mass is 312 g/mol. The van der Waals surface area contributed by atoms with E-state index in [2.05, 4.69) is 0 Å². The lowest BCUT2D eigenvalue weighted by Gasteiger charge is -2.13. The van der Waals surface area contributed by atoms with E-state index in [1.165, 1.54) is 17.8 Å². The molecule has 0 aliphatic carbocycles. The first-order valence-electron chi connectivity index (χ1n) is 5.92. The van der Waals surface area contributed by atoms with Crippen molar-refractivity contribution in [2.45, 2.75) is 11.1 Å². The molecule has 2 aromatic carbocycles. The second-order valence-electron chi connectivity index (χ2n) is 4.30. The van der Waals surface area contributed by atoms with Crippen LogP contribution < -0.4 is 0 Å². The van der Waals surface area contributed by atoms with Gasteiger partial charge in [-0.15, -0.1) is 11.8 Å². The Bertz CT molecular complexity index is 681. The lowest BCUT2D eigenvalue weighted by Crippen LogP contribution is -2.08. The fourth-order valence-corrected chi connectivity index (χ4v) is 2.57. The van der Waals surface area contributed by atoms with E-state index < -0.39 is 17.7 Å². The summed E-state index contributed by atoms with van der Waals surface area (Å²) in [7, 11) is 0. The normalized spacial score (nSPS) is 11.4. The molecule has 0 aromatic heterocycles. The summed E-state index contributed by atoms with van der Waals surface area (Å²) in [6.07, 6.45) is -2.78. The van der Waals surface area contributed by atoms with Crippen LogP contribution in [0, 0.1) is 0 Å². The first kappa shape index (κ1) is 15.4. The van der Waals surface area contributed by atoms with Crippen molar-refractivity contribution in [1.82, 2.24) is 0 Å².